The highest BCUT2D eigenvalue weighted by Crippen LogP contribution is 2.19. The number of hydrogen-bond donors (Lipinski definition) is 1. The van der Waals surface area contributed by atoms with Crippen molar-refractivity contribution in [1.29, 1.82) is 0 Å². The van der Waals surface area contributed by atoms with Crippen molar-refractivity contribution in [3.63, 3.8) is 0 Å². The van der Waals surface area contributed by atoms with Gasteiger partial charge in [0.25, 0.3) is 0 Å². The molecule has 0 saturated heterocycles. The molecule has 0 radical (unpaired) electrons. The van der Waals surface area contributed by atoms with Crippen molar-refractivity contribution in [3.05, 3.63) is 21.3 Å². The van der Waals surface area contributed by atoms with Gasteiger partial charge in [-0.25, -0.2) is 4.98 Å². The second-order valence-electron chi connectivity index (χ2n) is 1.47. The maximum atomic E-state index is 8.89. The maximum Gasteiger partial charge on any atom is 0.120 e. The molecule has 9 heavy (non-hydrogen) atoms. The lowest BCUT2D eigenvalue weighted by Gasteiger charge is -1.92. The van der Waals surface area contributed by atoms with Crippen LogP contribution in [-0.4, -0.2) is 10.1 Å². The predicted molar refractivity (Wildman–Crippen MR) is 41.3 cm³/mol. The van der Waals surface area contributed by atoms with Crippen LogP contribution in [-0.2, 0) is 0 Å². The van der Waals surface area contributed by atoms with Crippen molar-refractivity contribution >= 4 is 31.9 Å². The van der Waals surface area contributed by atoms with Crippen molar-refractivity contribution in [2.75, 3.05) is 0 Å². The molecule has 1 rings (SSSR count). The zero-order chi connectivity index (χ0) is 6.85. The molecule has 0 aliphatic rings. The second kappa shape index (κ2) is 2.66. The van der Waals surface area contributed by atoms with Crippen LogP contribution in [0.3, 0.4) is 0 Å². The van der Waals surface area contributed by atoms with Gasteiger partial charge in [0, 0.05) is 12.1 Å². The summed E-state index contributed by atoms with van der Waals surface area (Å²) >= 11 is 6.22. The third-order valence-corrected chi connectivity index (χ3v) is 1.56. The van der Waals surface area contributed by atoms with E-state index in [0.29, 0.717) is 9.21 Å². The van der Waals surface area contributed by atoms with Gasteiger partial charge in [0.1, 0.15) is 15.0 Å². The Hall–Kier alpha value is -0.0900. The van der Waals surface area contributed by atoms with E-state index in [-0.39, 0.29) is 5.75 Å². The molecule has 1 aromatic rings. The average Bonchev–Trinajstić information content (AvgIpc) is 1.59. The summed E-state index contributed by atoms with van der Waals surface area (Å²) in [5.74, 6) is 0.198. The van der Waals surface area contributed by atoms with Crippen LogP contribution >= 0.6 is 31.9 Å². The number of pyridine rings is 1. The van der Waals surface area contributed by atoms with Gasteiger partial charge in [-0.15, -0.1) is 0 Å². The minimum atomic E-state index is 0.198. The zero-order valence-electron chi connectivity index (χ0n) is 4.31. The summed E-state index contributed by atoms with van der Waals surface area (Å²) in [6, 6.07) is 3.04. The fourth-order valence-corrected chi connectivity index (χ4v) is 1.54. The van der Waals surface area contributed by atoms with Crippen molar-refractivity contribution in [1.82, 2.24) is 4.98 Å². The standard InChI is InChI=1S/C5H3Br2NO/c6-4-1-3(9)2-5(7)8-4/h1-2H,(H,8,9). The summed E-state index contributed by atoms with van der Waals surface area (Å²) in [6.07, 6.45) is 0. The Balaban J connectivity index is 3.17. The molecule has 1 heterocycles. The average molecular weight is 253 g/mol. The van der Waals surface area contributed by atoms with Crippen molar-refractivity contribution in [2.24, 2.45) is 0 Å². The molecular formula is C5H3Br2NO. The Morgan fingerprint density at radius 3 is 2.00 bits per heavy atom. The fourth-order valence-electron chi connectivity index (χ4n) is 0.452. The molecule has 0 saturated carbocycles. The van der Waals surface area contributed by atoms with E-state index in [0.717, 1.165) is 0 Å². The third kappa shape index (κ3) is 1.95. The van der Waals surface area contributed by atoms with Crippen LogP contribution in [0.25, 0.3) is 0 Å². The van der Waals surface area contributed by atoms with Crippen LogP contribution in [0.5, 0.6) is 5.75 Å². The van der Waals surface area contributed by atoms with Gasteiger partial charge >= 0.3 is 0 Å². The molecule has 0 aliphatic heterocycles. The van der Waals surface area contributed by atoms with Gasteiger partial charge in [0.15, 0.2) is 0 Å². The van der Waals surface area contributed by atoms with Crippen LogP contribution < -0.4 is 0 Å². The first-order valence-corrected chi connectivity index (χ1v) is 3.79. The quantitative estimate of drug-likeness (QED) is 0.719. The maximum absolute atomic E-state index is 8.89. The summed E-state index contributed by atoms with van der Waals surface area (Å²) < 4.78 is 1.24. The van der Waals surface area contributed by atoms with E-state index in [1.165, 1.54) is 12.1 Å². The first-order chi connectivity index (χ1) is 4.18. The van der Waals surface area contributed by atoms with E-state index in [1.807, 2.05) is 0 Å². The summed E-state index contributed by atoms with van der Waals surface area (Å²) in [5.41, 5.74) is 0. The molecule has 0 unspecified atom stereocenters. The number of nitrogens with zero attached hydrogens (tertiary/aromatic N) is 1. The van der Waals surface area contributed by atoms with Crippen LogP contribution in [0, 0.1) is 0 Å². The molecule has 0 aromatic carbocycles. The molecule has 0 fully saturated rings. The summed E-state index contributed by atoms with van der Waals surface area (Å²) in [5, 5.41) is 8.89. The highest BCUT2D eigenvalue weighted by Gasteiger charge is 1.93. The van der Waals surface area contributed by atoms with E-state index in [2.05, 4.69) is 36.8 Å². The number of hydrogen-bond acceptors (Lipinski definition) is 2. The van der Waals surface area contributed by atoms with E-state index in [1.54, 1.807) is 0 Å². The van der Waals surface area contributed by atoms with Gasteiger partial charge in [-0.2, -0.15) is 0 Å². The molecular weight excluding hydrogens is 250 g/mol. The molecule has 1 aromatic heterocycles. The van der Waals surface area contributed by atoms with E-state index in [4.69, 9.17) is 5.11 Å². The SMILES string of the molecule is Oc1cc(Br)nc(Br)c1. The van der Waals surface area contributed by atoms with Gasteiger partial charge in [0.05, 0.1) is 0 Å². The summed E-state index contributed by atoms with van der Waals surface area (Å²) in [7, 11) is 0. The Labute approximate surface area is 69.2 Å². The predicted octanol–water partition coefficient (Wildman–Crippen LogP) is 2.31. The fraction of sp³-hybridized carbons (Fsp3) is 0. The normalized spacial score (nSPS) is 9.56. The van der Waals surface area contributed by atoms with Crippen molar-refractivity contribution < 1.29 is 5.11 Å². The van der Waals surface area contributed by atoms with Crippen LogP contribution in [0.4, 0.5) is 0 Å². The molecule has 0 spiro atoms. The number of halogens is 2. The monoisotopic (exact) mass is 251 g/mol. The van der Waals surface area contributed by atoms with Crippen LogP contribution in [0.1, 0.15) is 0 Å². The number of aromatic nitrogens is 1. The highest BCUT2D eigenvalue weighted by atomic mass is 79.9. The zero-order valence-corrected chi connectivity index (χ0v) is 7.48. The number of rotatable bonds is 0. The van der Waals surface area contributed by atoms with E-state index in [9.17, 15) is 0 Å². The van der Waals surface area contributed by atoms with Gasteiger partial charge in [0.2, 0.25) is 0 Å². The highest BCUT2D eigenvalue weighted by molar-refractivity contribution is 9.11. The largest absolute Gasteiger partial charge is 0.508 e. The van der Waals surface area contributed by atoms with Gasteiger partial charge in [-0.3, -0.25) is 0 Å². The second-order valence-corrected chi connectivity index (χ2v) is 3.10. The lowest BCUT2D eigenvalue weighted by molar-refractivity contribution is 0.473. The van der Waals surface area contributed by atoms with E-state index >= 15 is 0 Å². The summed E-state index contributed by atoms with van der Waals surface area (Å²) in [4.78, 5) is 3.91. The molecule has 0 aliphatic carbocycles. The Morgan fingerprint density at radius 2 is 1.67 bits per heavy atom. The molecule has 0 bridgehead atoms. The molecule has 48 valence electrons. The Kier molecular flexibility index (Phi) is 2.08. The van der Waals surface area contributed by atoms with E-state index < -0.39 is 0 Å². The van der Waals surface area contributed by atoms with Gasteiger partial charge in [-0.1, -0.05) is 0 Å². The molecule has 4 heteroatoms. The molecule has 0 amide bonds. The minimum absolute atomic E-state index is 0.198. The van der Waals surface area contributed by atoms with Gasteiger partial charge < -0.3 is 5.11 Å². The van der Waals surface area contributed by atoms with Crippen LogP contribution in [0.15, 0.2) is 21.3 Å². The molecule has 1 N–H and O–H groups in total. The number of aromatic hydroxyl groups is 1. The van der Waals surface area contributed by atoms with Crippen LogP contribution in [0.2, 0.25) is 0 Å². The molecule has 2 nitrogen and oxygen atoms in total. The lowest BCUT2D eigenvalue weighted by Crippen LogP contribution is -1.74. The first kappa shape index (κ1) is 7.02. The van der Waals surface area contributed by atoms with Crippen molar-refractivity contribution in [3.8, 4) is 5.75 Å². The lowest BCUT2D eigenvalue weighted by atomic mass is 10.5. The Bertz CT molecular complexity index is 176. The molecule has 0 atom stereocenters. The minimum Gasteiger partial charge on any atom is -0.508 e. The Morgan fingerprint density at radius 1 is 1.22 bits per heavy atom. The van der Waals surface area contributed by atoms with Crippen molar-refractivity contribution in [2.45, 2.75) is 0 Å². The summed E-state index contributed by atoms with van der Waals surface area (Å²) in [6.45, 7) is 0. The first-order valence-electron chi connectivity index (χ1n) is 2.20. The smallest absolute Gasteiger partial charge is 0.120 e. The third-order valence-electron chi connectivity index (χ3n) is 0.748. The van der Waals surface area contributed by atoms with Gasteiger partial charge in [-0.05, 0) is 31.9 Å². The topological polar surface area (TPSA) is 33.1 Å².